The van der Waals surface area contributed by atoms with Crippen LogP contribution in [-0.4, -0.2) is 17.6 Å². The molecule has 1 aliphatic rings. The summed E-state index contributed by atoms with van der Waals surface area (Å²) in [5.41, 5.74) is 1.14. The van der Waals surface area contributed by atoms with Crippen molar-refractivity contribution in [3.05, 3.63) is 21.9 Å². The quantitative estimate of drug-likeness (QED) is 0.683. The van der Waals surface area contributed by atoms with Gasteiger partial charge in [-0.05, 0) is 17.0 Å². The third-order valence-electron chi connectivity index (χ3n) is 2.06. The minimum Gasteiger partial charge on any atom is -0.481 e. The van der Waals surface area contributed by atoms with Gasteiger partial charge >= 0.3 is 5.97 Å². The zero-order chi connectivity index (χ0) is 8.55. The van der Waals surface area contributed by atoms with Crippen molar-refractivity contribution in [2.45, 2.75) is 12.5 Å². The van der Waals surface area contributed by atoms with E-state index in [1.807, 2.05) is 11.4 Å². The highest BCUT2D eigenvalue weighted by Gasteiger charge is 2.26. The number of thiophene rings is 1. The SMILES string of the molecule is O=C(O)C1CNCc2ccsc21. The molecule has 1 aliphatic heterocycles. The zero-order valence-corrected chi connectivity index (χ0v) is 7.23. The molecule has 1 atom stereocenters. The molecular formula is C8H9NO2S. The monoisotopic (exact) mass is 183 g/mol. The van der Waals surface area contributed by atoms with Crippen molar-refractivity contribution in [2.75, 3.05) is 6.54 Å². The second-order valence-corrected chi connectivity index (χ2v) is 3.78. The van der Waals surface area contributed by atoms with Gasteiger partial charge in [-0.2, -0.15) is 0 Å². The summed E-state index contributed by atoms with van der Waals surface area (Å²) >= 11 is 1.54. The fraction of sp³-hybridized carbons (Fsp3) is 0.375. The van der Waals surface area contributed by atoms with Crippen molar-refractivity contribution in [1.82, 2.24) is 5.32 Å². The Morgan fingerprint density at radius 1 is 1.75 bits per heavy atom. The summed E-state index contributed by atoms with van der Waals surface area (Å²) in [4.78, 5) is 11.8. The van der Waals surface area contributed by atoms with Crippen molar-refractivity contribution < 1.29 is 9.90 Å². The number of carbonyl (C=O) groups is 1. The topological polar surface area (TPSA) is 49.3 Å². The molecule has 0 saturated heterocycles. The van der Waals surface area contributed by atoms with Crippen LogP contribution in [0.2, 0.25) is 0 Å². The van der Waals surface area contributed by atoms with Gasteiger partial charge in [-0.15, -0.1) is 11.3 Å². The molecule has 0 fully saturated rings. The number of rotatable bonds is 1. The van der Waals surface area contributed by atoms with Crippen molar-refractivity contribution in [3.63, 3.8) is 0 Å². The number of nitrogens with one attached hydrogen (secondary N) is 1. The van der Waals surface area contributed by atoms with Crippen LogP contribution in [0.3, 0.4) is 0 Å². The fourth-order valence-electron chi connectivity index (χ4n) is 1.44. The van der Waals surface area contributed by atoms with Crippen LogP contribution in [-0.2, 0) is 11.3 Å². The van der Waals surface area contributed by atoms with Crippen LogP contribution in [0.5, 0.6) is 0 Å². The predicted octanol–water partition coefficient (Wildman–Crippen LogP) is 1.02. The Labute approximate surface area is 74.0 Å². The number of aliphatic carboxylic acids is 1. The Hall–Kier alpha value is -0.870. The van der Waals surface area contributed by atoms with Crippen LogP contribution in [0.4, 0.5) is 0 Å². The lowest BCUT2D eigenvalue weighted by molar-refractivity contribution is -0.138. The van der Waals surface area contributed by atoms with E-state index in [0.717, 1.165) is 17.0 Å². The van der Waals surface area contributed by atoms with Gasteiger partial charge in [0.25, 0.3) is 0 Å². The number of carboxylic acid groups (broad SMARTS) is 1. The molecule has 4 heteroatoms. The molecular weight excluding hydrogens is 174 g/mol. The van der Waals surface area contributed by atoms with Gasteiger partial charge in [-0.25, -0.2) is 0 Å². The summed E-state index contributed by atoms with van der Waals surface area (Å²) in [6.45, 7) is 1.37. The molecule has 1 aromatic rings. The minimum atomic E-state index is -0.731. The summed E-state index contributed by atoms with van der Waals surface area (Å²) in [5.74, 6) is -1.07. The Balaban J connectivity index is 2.37. The van der Waals surface area contributed by atoms with Gasteiger partial charge in [0.1, 0.15) is 5.92 Å². The molecule has 2 rings (SSSR count). The van der Waals surface area contributed by atoms with Crippen LogP contribution in [0.15, 0.2) is 11.4 Å². The van der Waals surface area contributed by atoms with E-state index in [0.29, 0.717) is 6.54 Å². The number of hydrogen-bond donors (Lipinski definition) is 2. The lowest BCUT2D eigenvalue weighted by Crippen LogP contribution is -2.31. The van der Waals surface area contributed by atoms with E-state index >= 15 is 0 Å². The normalized spacial score (nSPS) is 21.8. The van der Waals surface area contributed by atoms with Gasteiger partial charge in [0, 0.05) is 18.0 Å². The molecule has 0 amide bonds. The molecule has 0 aromatic carbocycles. The molecule has 12 heavy (non-hydrogen) atoms. The fourth-order valence-corrected chi connectivity index (χ4v) is 2.46. The number of carboxylic acids is 1. The van der Waals surface area contributed by atoms with Gasteiger partial charge < -0.3 is 10.4 Å². The van der Waals surface area contributed by atoms with Gasteiger partial charge in [-0.3, -0.25) is 4.79 Å². The van der Waals surface area contributed by atoms with Crippen LogP contribution in [0, 0.1) is 0 Å². The van der Waals surface area contributed by atoms with E-state index in [1.54, 1.807) is 11.3 Å². The van der Waals surface area contributed by atoms with Crippen molar-refractivity contribution >= 4 is 17.3 Å². The van der Waals surface area contributed by atoms with Gasteiger partial charge in [-0.1, -0.05) is 0 Å². The van der Waals surface area contributed by atoms with E-state index < -0.39 is 5.97 Å². The maximum atomic E-state index is 10.8. The van der Waals surface area contributed by atoms with Crippen molar-refractivity contribution in [3.8, 4) is 0 Å². The molecule has 2 N–H and O–H groups in total. The predicted molar refractivity (Wildman–Crippen MR) is 46.4 cm³/mol. The van der Waals surface area contributed by atoms with Crippen LogP contribution in [0.1, 0.15) is 16.4 Å². The van der Waals surface area contributed by atoms with E-state index in [2.05, 4.69) is 5.32 Å². The first kappa shape index (κ1) is 7.76. The zero-order valence-electron chi connectivity index (χ0n) is 6.41. The molecule has 2 heterocycles. The molecule has 0 radical (unpaired) electrons. The van der Waals surface area contributed by atoms with Gasteiger partial charge in [0.05, 0.1) is 0 Å². The first-order valence-electron chi connectivity index (χ1n) is 3.79. The molecule has 1 unspecified atom stereocenters. The van der Waals surface area contributed by atoms with E-state index in [-0.39, 0.29) is 5.92 Å². The lowest BCUT2D eigenvalue weighted by Gasteiger charge is -2.19. The average Bonchev–Trinajstić information content (AvgIpc) is 2.49. The summed E-state index contributed by atoms with van der Waals surface area (Å²) < 4.78 is 0. The van der Waals surface area contributed by atoms with Gasteiger partial charge in [0.15, 0.2) is 0 Å². The minimum absolute atomic E-state index is 0.339. The maximum absolute atomic E-state index is 10.8. The third kappa shape index (κ3) is 1.13. The second kappa shape index (κ2) is 2.88. The Bertz CT molecular complexity index is 308. The van der Waals surface area contributed by atoms with Crippen LogP contribution < -0.4 is 5.32 Å². The van der Waals surface area contributed by atoms with Crippen molar-refractivity contribution in [1.29, 1.82) is 0 Å². The van der Waals surface area contributed by atoms with E-state index in [1.165, 1.54) is 0 Å². The maximum Gasteiger partial charge on any atom is 0.313 e. The molecule has 0 spiro atoms. The molecule has 0 saturated carbocycles. The standard InChI is InChI=1S/C8H9NO2S/c10-8(11)6-4-9-3-5-1-2-12-7(5)6/h1-2,6,9H,3-4H2,(H,10,11). The summed E-state index contributed by atoms with van der Waals surface area (Å²) in [6.07, 6.45) is 0. The summed E-state index contributed by atoms with van der Waals surface area (Å²) in [7, 11) is 0. The second-order valence-electron chi connectivity index (χ2n) is 2.83. The third-order valence-corrected chi connectivity index (χ3v) is 3.13. The Morgan fingerprint density at radius 2 is 2.58 bits per heavy atom. The van der Waals surface area contributed by atoms with Crippen LogP contribution >= 0.6 is 11.3 Å². The Kier molecular flexibility index (Phi) is 1.86. The van der Waals surface area contributed by atoms with Crippen molar-refractivity contribution in [2.24, 2.45) is 0 Å². The highest BCUT2D eigenvalue weighted by molar-refractivity contribution is 7.10. The number of fused-ring (bicyclic) bond motifs is 1. The van der Waals surface area contributed by atoms with Crippen LogP contribution in [0.25, 0.3) is 0 Å². The first-order valence-corrected chi connectivity index (χ1v) is 4.67. The van der Waals surface area contributed by atoms with Gasteiger partial charge in [0.2, 0.25) is 0 Å². The van der Waals surface area contributed by atoms with E-state index in [4.69, 9.17) is 5.11 Å². The Morgan fingerprint density at radius 3 is 3.33 bits per heavy atom. The summed E-state index contributed by atoms with van der Waals surface area (Å²) in [6, 6.07) is 1.99. The summed E-state index contributed by atoms with van der Waals surface area (Å²) in [5, 5.41) is 13.9. The molecule has 64 valence electrons. The smallest absolute Gasteiger partial charge is 0.313 e. The first-order chi connectivity index (χ1) is 5.79. The van der Waals surface area contributed by atoms with E-state index in [9.17, 15) is 4.79 Å². The molecule has 0 bridgehead atoms. The number of hydrogen-bond acceptors (Lipinski definition) is 3. The highest BCUT2D eigenvalue weighted by Crippen LogP contribution is 2.28. The highest BCUT2D eigenvalue weighted by atomic mass is 32.1. The molecule has 1 aromatic heterocycles. The molecule has 0 aliphatic carbocycles. The molecule has 3 nitrogen and oxygen atoms in total. The average molecular weight is 183 g/mol. The lowest BCUT2D eigenvalue weighted by atomic mass is 10.0. The largest absolute Gasteiger partial charge is 0.481 e.